The number of carboxylic acids is 1. The predicted octanol–water partition coefficient (Wildman–Crippen LogP) is 2.79. The average Bonchev–Trinajstić information content (AvgIpc) is 3.36. The molecule has 1 saturated carbocycles. The largest absolute Gasteiger partial charge is 0.490 e. The number of imidazole rings is 1. The van der Waals surface area contributed by atoms with E-state index in [-0.39, 0.29) is 0 Å². The van der Waals surface area contributed by atoms with E-state index in [0.29, 0.717) is 0 Å². The van der Waals surface area contributed by atoms with Gasteiger partial charge in [-0.2, -0.15) is 13.2 Å². The van der Waals surface area contributed by atoms with Crippen molar-refractivity contribution in [3.05, 3.63) is 36.7 Å². The highest BCUT2D eigenvalue weighted by Crippen LogP contribution is 2.40. The molecule has 164 valence electrons. The van der Waals surface area contributed by atoms with Crippen LogP contribution in [0.5, 0.6) is 0 Å². The van der Waals surface area contributed by atoms with Crippen LogP contribution in [0.4, 0.5) is 19.1 Å². The summed E-state index contributed by atoms with van der Waals surface area (Å²) in [6.45, 7) is 4.41. The van der Waals surface area contributed by atoms with Gasteiger partial charge < -0.3 is 15.4 Å². The standard InChI is InChI=1S/C17H24N6.C2HF3O2/c1-3-13(7-21-17-19-5-2-6-20-17)16-11-23(9-14(16)4-1)10-15-8-18-12-22-15;3-2(4,5)1(6)7/h2,5-6,8,12-14,16H,1,3-4,7,9-11H2,(H,18,22)(H,19,20,21);(H,6,7)/t13-,14+,16+;/m0./s1. The van der Waals surface area contributed by atoms with E-state index in [4.69, 9.17) is 9.90 Å². The number of hydrogen-bond donors (Lipinski definition) is 3. The van der Waals surface area contributed by atoms with Crippen LogP contribution in [0, 0.1) is 17.8 Å². The van der Waals surface area contributed by atoms with Gasteiger partial charge in [0.05, 0.1) is 6.33 Å². The number of carboxylic acid groups (broad SMARTS) is 1. The van der Waals surface area contributed by atoms with Gasteiger partial charge >= 0.3 is 12.1 Å². The lowest BCUT2D eigenvalue weighted by Gasteiger charge is -2.33. The molecule has 3 atom stereocenters. The van der Waals surface area contributed by atoms with E-state index in [1.807, 2.05) is 12.3 Å². The Morgan fingerprint density at radius 1 is 1.27 bits per heavy atom. The van der Waals surface area contributed by atoms with Crippen molar-refractivity contribution in [1.82, 2.24) is 24.8 Å². The number of rotatable bonds is 5. The molecule has 11 heteroatoms. The fraction of sp³-hybridized carbons (Fsp3) is 0.579. The van der Waals surface area contributed by atoms with Gasteiger partial charge in [-0.05, 0) is 36.7 Å². The monoisotopic (exact) mass is 426 g/mol. The lowest BCUT2D eigenvalue weighted by atomic mass is 9.74. The number of aliphatic carboxylic acids is 1. The van der Waals surface area contributed by atoms with Gasteiger partial charge in [-0.1, -0.05) is 6.42 Å². The molecule has 0 unspecified atom stereocenters. The molecule has 0 amide bonds. The second-order valence-electron chi connectivity index (χ2n) is 7.64. The maximum atomic E-state index is 10.6. The van der Waals surface area contributed by atoms with Gasteiger partial charge in [-0.25, -0.2) is 19.7 Å². The third-order valence-electron chi connectivity index (χ3n) is 5.60. The fourth-order valence-electron chi connectivity index (χ4n) is 4.29. The molecule has 2 aromatic heterocycles. The van der Waals surface area contributed by atoms with Gasteiger partial charge in [0.2, 0.25) is 5.95 Å². The molecule has 1 aliphatic carbocycles. The summed E-state index contributed by atoms with van der Waals surface area (Å²) in [5.74, 6) is 0.358. The number of hydrogen-bond acceptors (Lipinski definition) is 6. The third-order valence-corrected chi connectivity index (χ3v) is 5.60. The topological polar surface area (TPSA) is 107 Å². The molecule has 0 aromatic carbocycles. The van der Waals surface area contributed by atoms with Gasteiger partial charge in [0.1, 0.15) is 0 Å². The Hall–Kier alpha value is -2.69. The van der Waals surface area contributed by atoms with Crippen LogP contribution in [0.2, 0.25) is 0 Å². The van der Waals surface area contributed by atoms with Gasteiger partial charge in [-0.3, -0.25) is 4.90 Å². The smallest absolute Gasteiger partial charge is 0.475 e. The molecule has 2 aromatic rings. The zero-order valence-corrected chi connectivity index (χ0v) is 16.3. The summed E-state index contributed by atoms with van der Waals surface area (Å²) in [6.07, 6.45) is 6.25. The van der Waals surface area contributed by atoms with Crippen LogP contribution in [-0.2, 0) is 11.3 Å². The Balaban J connectivity index is 0.000000318. The second-order valence-corrected chi connectivity index (χ2v) is 7.64. The van der Waals surface area contributed by atoms with Crippen molar-refractivity contribution in [1.29, 1.82) is 0 Å². The molecule has 2 aliphatic rings. The molecular formula is C19H25F3N6O2. The minimum atomic E-state index is -5.08. The first kappa shape index (κ1) is 22.0. The minimum Gasteiger partial charge on any atom is -0.475 e. The number of halogens is 3. The molecule has 1 aliphatic heterocycles. The van der Waals surface area contributed by atoms with E-state index >= 15 is 0 Å². The molecule has 3 heterocycles. The highest BCUT2D eigenvalue weighted by molar-refractivity contribution is 5.73. The molecule has 8 nitrogen and oxygen atoms in total. The lowest BCUT2D eigenvalue weighted by molar-refractivity contribution is -0.192. The summed E-state index contributed by atoms with van der Waals surface area (Å²) in [5.41, 5.74) is 1.22. The van der Waals surface area contributed by atoms with Gasteiger partial charge in [0.15, 0.2) is 0 Å². The third kappa shape index (κ3) is 6.15. The SMILES string of the molecule is O=C(O)C(F)(F)F.c1cnc(NC[C@@H]2CCC[C@@H]3CN(Cc4cnc[nH]4)C[C@@H]32)nc1. The van der Waals surface area contributed by atoms with Crippen LogP contribution in [-0.4, -0.2) is 61.7 Å². The molecular weight excluding hydrogens is 401 g/mol. The van der Waals surface area contributed by atoms with E-state index in [1.54, 1.807) is 18.7 Å². The number of anilines is 1. The number of aromatic amines is 1. The number of nitrogens with zero attached hydrogens (tertiary/aromatic N) is 4. The molecule has 0 spiro atoms. The highest BCUT2D eigenvalue weighted by atomic mass is 19.4. The molecule has 0 radical (unpaired) electrons. The van der Waals surface area contributed by atoms with Crippen LogP contribution >= 0.6 is 0 Å². The summed E-state index contributed by atoms with van der Waals surface area (Å²) in [5, 5.41) is 10.6. The van der Waals surface area contributed by atoms with Crippen molar-refractivity contribution in [2.45, 2.75) is 32.0 Å². The van der Waals surface area contributed by atoms with E-state index in [0.717, 1.165) is 36.8 Å². The zero-order valence-electron chi connectivity index (χ0n) is 16.3. The van der Waals surface area contributed by atoms with Gasteiger partial charge in [-0.15, -0.1) is 0 Å². The Kier molecular flexibility index (Phi) is 7.24. The maximum absolute atomic E-state index is 10.6. The Morgan fingerprint density at radius 3 is 2.63 bits per heavy atom. The van der Waals surface area contributed by atoms with Gasteiger partial charge in [0.25, 0.3) is 0 Å². The van der Waals surface area contributed by atoms with E-state index < -0.39 is 12.1 Å². The van der Waals surface area contributed by atoms with Crippen molar-refractivity contribution >= 4 is 11.9 Å². The molecule has 1 saturated heterocycles. The highest BCUT2D eigenvalue weighted by Gasteiger charge is 2.40. The van der Waals surface area contributed by atoms with E-state index in [2.05, 4.69) is 30.2 Å². The number of H-pyrrole nitrogens is 1. The number of carbonyl (C=O) groups is 1. The van der Waals surface area contributed by atoms with Crippen molar-refractivity contribution in [3.63, 3.8) is 0 Å². The van der Waals surface area contributed by atoms with E-state index in [1.165, 1.54) is 38.0 Å². The lowest BCUT2D eigenvalue weighted by Crippen LogP contribution is -2.32. The first-order valence-corrected chi connectivity index (χ1v) is 9.83. The van der Waals surface area contributed by atoms with Crippen LogP contribution in [0.3, 0.4) is 0 Å². The number of likely N-dealkylation sites (tertiary alicyclic amines) is 1. The molecule has 30 heavy (non-hydrogen) atoms. The minimum absolute atomic E-state index is 0.726. The Morgan fingerprint density at radius 2 is 2.00 bits per heavy atom. The fourth-order valence-corrected chi connectivity index (χ4v) is 4.29. The normalized spacial score (nSPS) is 23.9. The summed E-state index contributed by atoms with van der Waals surface area (Å²) in [6, 6.07) is 1.85. The molecule has 0 bridgehead atoms. The van der Waals surface area contributed by atoms with Crippen molar-refractivity contribution < 1.29 is 23.1 Å². The Labute approximate surface area is 171 Å². The van der Waals surface area contributed by atoms with Crippen molar-refractivity contribution in [3.8, 4) is 0 Å². The summed E-state index contributed by atoms with van der Waals surface area (Å²) < 4.78 is 31.7. The summed E-state index contributed by atoms with van der Waals surface area (Å²) in [7, 11) is 0. The van der Waals surface area contributed by atoms with Crippen LogP contribution < -0.4 is 5.32 Å². The number of aromatic nitrogens is 4. The predicted molar refractivity (Wildman–Crippen MR) is 102 cm³/mol. The van der Waals surface area contributed by atoms with Crippen LogP contribution in [0.1, 0.15) is 25.0 Å². The quantitative estimate of drug-likeness (QED) is 0.675. The maximum Gasteiger partial charge on any atom is 0.490 e. The second kappa shape index (κ2) is 9.88. The van der Waals surface area contributed by atoms with Crippen molar-refractivity contribution in [2.24, 2.45) is 17.8 Å². The average molecular weight is 426 g/mol. The summed E-state index contributed by atoms with van der Waals surface area (Å²) in [4.78, 5) is 27.4. The number of alkyl halides is 3. The zero-order chi connectivity index (χ0) is 21.6. The molecule has 4 rings (SSSR count). The number of fused-ring (bicyclic) bond motifs is 1. The van der Waals surface area contributed by atoms with Crippen LogP contribution in [0.25, 0.3) is 0 Å². The molecule has 3 N–H and O–H groups in total. The number of nitrogens with one attached hydrogen (secondary N) is 2. The summed E-state index contributed by atoms with van der Waals surface area (Å²) >= 11 is 0. The Bertz CT molecular complexity index is 787. The van der Waals surface area contributed by atoms with Gasteiger partial charge in [0, 0.05) is 50.5 Å². The first-order valence-electron chi connectivity index (χ1n) is 9.83. The van der Waals surface area contributed by atoms with Crippen LogP contribution in [0.15, 0.2) is 31.0 Å². The van der Waals surface area contributed by atoms with Crippen molar-refractivity contribution in [2.75, 3.05) is 25.0 Å². The van der Waals surface area contributed by atoms with E-state index in [9.17, 15) is 13.2 Å². The first-order chi connectivity index (χ1) is 14.3. The molecule has 2 fully saturated rings.